The first-order valence-corrected chi connectivity index (χ1v) is 5.59. The Morgan fingerprint density at radius 1 is 1.47 bits per heavy atom. The van der Waals surface area contributed by atoms with Crippen LogP contribution in [-0.2, 0) is 9.59 Å². The average molecular weight is 210 g/mol. The Kier molecular flexibility index (Phi) is 2.24. The van der Waals surface area contributed by atoms with E-state index in [0.29, 0.717) is 12.3 Å². The second-order valence-corrected chi connectivity index (χ2v) is 4.87. The number of rotatable bonds is 2. The first-order valence-electron chi connectivity index (χ1n) is 5.59. The third-order valence-electron chi connectivity index (χ3n) is 3.65. The Hall–Kier alpha value is -1.06. The Morgan fingerprint density at radius 3 is 2.53 bits per heavy atom. The maximum Gasteiger partial charge on any atom is 0.248 e. The molecule has 0 aromatic heterocycles. The predicted octanol–water partition coefficient (Wildman–Crippen LogP) is 0.522. The van der Waals surface area contributed by atoms with Crippen molar-refractivity contribution in [2.45, 2.75) is 44.7 Å². The molecule has 15 heavy (non-hydrogen) atoms. The van der Waals surface area contributed by atoms with Gasteiger partial charge < -0.3 is 10.2 Å². The molecule has 0 aromatic rings. The summed E-state index contributed by atoms with van der Waals surface area (Å²) in [4.78, 5) is 25.6. The van der Waals surface area contributed by atoms with E-state index in [9.17, 15) is 9.59 Å². The van der Waals surface area contributed by atoms with Gasteiger partial charge in [0.25, 0.3) is 0 Å². The van der Waals surface area contributed by atoms with Crippen LogP contribution in [0.1, 0.15) is 33.1 Å². The zero-order valence-corrected chi connectivity index (χ0v) is 9.54. The number of piperazine rings is 1. The number of hydrogen-bond donors (Lipinski definition) is 1. The normalized spacial score (nSPS) is 36.7. The van der Waals surface area contributed by atoms with Crippen molar-refractivity contribution < 1.29 is 9.59 Å². The molecule has 1 aliphatic carbocycles. The fraction of sp³-hybridized carbons (Fsp3) is 0.818. The maximum atomic E-state index is 12.1. The van der Waals surface area contributed by atoms with Crippen LogP contribution in [0.5, 0.6) is 0 Å². The molecule has 1 heterocycles. The molecule has 2 amide bonds. The Balaban J connectivity index is 2.23. The van der Waals surface area contributed by atoms with Gasteiger partial charge in [-0.3, -0.25) is 9.59 Å². The summed E-state index contributed by atoms with van der Waals surface area (Å²) in [6.07, 6.45) is 2.77. The topological polar surface area (TPSA) is 49.4 Å². The van der Waals surface area contributed by atoms with Crippen molar-refractivity contribution in [2.24, 2.45) is 5.92 Å². The van der Waals surface area contributed by atoms with Crippen LogP contribution in [0.15, 0.2) is 0 Å². The van der Waals surface area contributed by atoms with Gasteiger partial charge in [-0.1, -0.05) is 6.92 Å². The number of amides is 2. The molecule has 0 bridgehead atoms. The third kappa shape index (κ3) is 1.52. The van der Waals surface area contributed by atoms with E-state index in [1.807, 2.05) is 6.92 Å². The van der Waals surface area contributed by atoms with E-state index in [2.05, 4.69) is 5.32 Å². The number of hydrogen-bond acceptors (Lipinski definition) is 2. The van der Waals surface area contributed by atoms with E-state index < -0.39 is 5.54 Å². The van der Waals surface area contributed by atoms with Gasteiger partial charge >= 0.3 is 0 Å². The van der Waals surface area contributed by atoms with Crippen LogP contribution in [0.3, 0.4) is 0 Å². The maximum absolute atomic E-state index is 12.1. The summed E-state index contributed by atoms with van der Waals surface area (Å²) in [6, 6.07) is -0.225. The Bertz CT molecular complexity index is 312. The molecule has 84 valence electrons. The molecule has 4 nitrogen and oxygen atoms in total. The van der Waals surface area contributed by atoms with Crippen LogP contribution in [0, 0.1) is 5.92 Å². The van der Waals surface area contributed by atoms with E-state index >= 15 is 0 Å². The van der Waals surface area contributed by atoms with Gasteiger partial charge in [0.1, 0.15) is 11.6 Å². The second kappa shape index (κ2) is 3.22. The highest BCUT2D eigenvalue weighted by Gasteiger charge is 2.50. The van der Waals surface area contributed by atoms with Gasteiger partial charge in [0, 0.05) is 7.05 Å². The standard InChI is InChI=1S/C11H18N2O2/c1-4-11(2)10(15)13(3)8(7-5-6-7)9(14)12-11/h7-8H,4-6H2,1-3H3,(H,12,14). The summed E-state index contributed by atoms with van der Waals surface area (Å²) >= 11 is 0. The van der Waals surface area contributed by atoms with Crippen molar-refractivity contribution in [3.8, 4) is 0 Å². The highest BCUT2D eigenvalue weighted by molar-refractivity contribution is 5.99. The van der Waals surface area contributed by atoms with Crippen LogP contribution < -0.4 is 5.32 Å². The molecule has 0 aromatic carbocycles. The van der Waals surface area contributed by atoms with Gasteiger partial charge in [0.2, 0.25) is 11.8 Å². The van der Waals surface area contributed by atoms with E-state index in [4.69, 9.17) is 0 Å². The van der Waals surface area contributed by atoms with Crippen molar-refractivity contribution in [1.29, 1.82) is 0 Å². The predicted molar refractivity (Wildman–Crippen MR) is 56.1 cm³/mol. The summed E-state index contributed by atoms with van der Waals surface area (Å²) in [5.74, 6) is 0.450. The minimum atomic E-state index is -0.697. The lowest BCUT2D eigenvalue weighted by atomic mass is 9.91. The lowest BCUT2D eigenvalue weighted by molar-refractivity contribution is -0.153. The quantitative estimate of drug-likeness (QED) is 0.722. The number of nitrogens with one attached hydrogen (secondary N) is 1. The molecule has 1 saturated carbocycles. The van der Waals surface area contributed by atoms with Gasteiger partial charge in [0.05, 0.1) is 0 Å². The van der Waals surface area contributed by atoms with Crippen LogP contribution in [0.25, 0.3) is 0 Å². The minimum Gasteiger partial charge on any atom is -0.340 e. The van der Waals surface area contributed by atoms with E-state index in [1.54, 1.807) is 18.9 Å². The molecule has 2 fully saturated rings. The molecular formula is C11H18N2O2. The summed E-state index contributed by atoms with van der Waals surface area (Å²) < 4.78 is 0. The summed E-state index contributed by atoms with van der Waals surface area (Å²) in [5, 5.41) is 2.86. The molecule has 0 spiro atoms. The highest BCUT2D eigenvalue weighted by atomic mass is 16.2. The molecule has 2 atom stereocenters. The van der Waals surface area contributed by atoms with E-state index in [1.165, 1.54) is 0 Å². The van der Waals surface area contributed by atoms with Crippen LogP contribution in [0.4, 0.5) is 0 Å². The molecule has 4 heteroatoms. The van der Waals surface area contributed by atoms with Gasteiger partial charge in [-0.25, -0.2) is 0 Å². The zero-order chi connectivity index (χ0) is 11.2. The number of nitrogens with zero attached hydrogens (tertiary/aromatic N) is 1. The van der Waals surface area contributed by atoms with E-state index in [0.717, 1.165) is 12.8 Å². The lowest BCUT2D eigenvalue weighted by Crippen LogP contribution is -2.68. The minimum absolute atomic E-state index is 0.0175. The number of carbonyl (C=O) groups excluding carboxylic acids is 2. The van der Waals surface area contributed by atoms with E-state index in [-0.39, 0.29) is 17.9 Å². The Morgan fingerprint density at radius 2 is 2.07 bits per heavy atom. The lowest BCUT2D eigenvalue weighted by Gasteiger charge is -2.42. The summed E-state index contributed by atoms with van der Waals surface area (Å²) in [7, 11) is 1.75. The molecule has 1 aliphatic heterocycles. The molecule has 1 saturated heterocycles. The van der Waals surface area contributed by atoms with Gasteiger partial charge in [-0.15, -0.1) is 0 Å². The third-order valence-corrected chi connectivity index (χ3v) is 3.65. The smallest absolute Gasteiger partial charge is 0.248 e. The monoisotopic (exact) mass is 210 g/mol. The molecular weight excluding hydrogens is 192 g/mol. The Labute approximate surface area is 90.0 Å². The first kappa shape index (κ1) is 10.5. The zero-order valence-electron chi connectivity index (χ0n) is 9.54. The second-order valence-electron chi connectivity index (χ2n) is 4.87. The van der Waals surface area contributed by atoms with Crippen molar-refractivity contribution in [1.82, 2.24) is 10.2 Å². The highest BCUT2D eigenvalue weighted by Crippen LogP contribution is 2.37. The van der Waals surface area contributed by atoms with Crippen LogP contribution >= 0.6 is 0 Å². The van der Waals surface area contributed by atoms with Gasteiger partial charge in [-0.05, 0) is 32.1 Å². The summed E-state index contributed by atoms with van der Waals surface area (Å²) in [5.41, 5.74) is -0.697. The molecule has 2 unspecified atom stereocenters. The van der Waals surface area contributed by atoms with Gasteiger partial charge in [0.15, 0.2) is 0 Å². The van der Waals surface area contributed by atoms with Crippen molar-refractivity contribution >= 4 is 11.8 Å². The number of carbonyl (C=O) groups is 2. The van der Waals surface area contributed by atoms with Crippen LogP contribution in [-0.4, -0.2) is 35.3 Å². The first-order chi connectivity index (χ1) is 6.99. The van der Waals surface area contributed by atoms with Crippen molar-refractivity contribution in [3.63, 3.8) is 0 Å². The largest absolute Gasteiger partial charge is 0.340 e. The molecule has 0 radical (unpaired) electrons. The van der Waals surface area contributed by atoms with Crippen LogP contribution in [0.2, 0.25) is 0 Å². The van der Waals surface area contributed by atoms with Crippen molar-refractivity contribution in [2.75, 3.05) is 7.05 Å². The average Bonchev–Trinajstić information content (AvgIpc) is 2.99. The molecule has 2 rings (SSSR count). The SMILES string of the molecule is CCC1(C)NC(=O)C(C2CC2)N(C)C1=O. The van der Waals surface area contributed by atoms with Crippen molar-refractivity contribution in [3.05, 3.63) is 0 Å². The molecule has 1 N–H and O–H groups in total. The number of likely N-dealkylation sites (N-methyl/N-ethyl adjacent to an activating group) is 1. The fourth-order valence-electron chi connectivity index (χ4n) is 2.27. The van der Waals surface area contributed by atoms with Gasteiger partial charge in [-0.2, -0.15) is 0 Å². The summed E-state index contributed by atoms with van der Waals surface area (Å²) in [6.45, 7) is 3.72. The fourth-order valence-corrected chi connectivity index (χ4v) is 2.27. The molecule has 2 aliphatic rings.